The van der Waals surface area contributed by atoms with Crippen LogP contribution in [0.2, 0.25) is 0 Å². The van der Waals surface area contributed by atoms with E-state index < -0.39 is 0 Å². The Balaban J connectivity index is 1.83. The van der Waals surface area contributed by atoms with Gasteiger partial charge < -0.3 is 33.7 Å². The second-order valence-electron chi connectivity index (χ2n) is 9.23. The summed E-state index contributed by atoms with van der Waals surface area (Å²) in [4.78, 5) is 13.8. The van der Waals surface area contributed by atoms with Crippen molar-refractivity contribution in [2.45, 2.75) is 31.8 Å². The Morgan fingerprint density at radius 1 is 0.629 bits per heavy atom. The molecule has 1 N–H and O–H groups in total. The lowest BCUT2D eigenvalue weighted by Gasteiger charge is -2.47. The molecule has 1 aliphatic carbocycles. The lowest BCUT2D eigenvalue weighted by molar-refractivity contribution is -0.137. The van der Waals surface area contributed by atoms with Crippen LogP contribution in [-0.2, 0) is 4.79 Å². The van der Waals surface area contributed by atoms with Crippen molar-refractivity contribution in [1.82, 2.24) is 5.32 Å². The highest BCUT2D eigenvalue weighted by Crippen LogP contribution is 2.51. The van der Waals surface area contributed by atoms with E-state index in [-0.39, 0.29) is 29.7 Å². The van der Waals surface area contributed by atoms with E-state index in [1.165, 1.54) is 0 Å². The lowest BCUT2D eigenvalue weighted by Crippen LogP contribution is -2.52. The van der Waals surface area contributed by atoms with E-state index in [0.717, 1.165) is 24.0 Å². The summed E-state index contributed by atoms with van der Waals surface area (Å²) >= 11 is 0. The first-order valence-electron chi connectivity index (χ1n) is 11.8. The maximum atomic E-state index is 13.8. The van der Waals surface area contributed by atoms with Gasteiger partial charge in [-0.25, -0.2) is 0 Å². The van der Waals surface area contributed by atoms with Crippen molar-refractivity contribution in [3.8, 4) is 34.5 Å². The molecule has 0 spiro atoms. The van der Waals surface area contributed by atoms with Crippen LogP contribution < -0.4 is 33.7 Å². The molecule has 0 aromatic heterocycles. The number of hydrogen-bond donors (Lipinski definition) is 1. The molecule has 8 heteroatoms. The van der Waals surface area contributed by atoms with Crippen LogP contribution in [0.1, 0.15) is 43.0 Å². The first-order chi connectivity index (χ1) is 16.9. The van der Waals surface area contributed by atoms with Gasteiger partial charge in [-0.05, 0) is 54.2 Å². The van der Waals surface area contributed by atoms with E-state index in [9.17, 15) is 4.79 Å². The van der Waals surface area contributed by atoms with Gasteiger partial charge >= 0.3 is 0 Å². The lowest BCUT2D eigenvalue weighted by atomic mass is 9.64. The number of methoxy groups -OCH3 is 6. The Bertz CT molecular complexity index is 954. The van der Waals surface area contributed by atoms with E-state index >= 15 is 0 Å². The van der Waals surface area contributed by atoms with Crippen LogP contribution in [0.4, 0.5) is 0 Å². The van der Waals surface area contributed by atoms with Gasteiger partial charge in [0.1, 0.15) is 5.78 Å². The number of rotatable bonds is 8. The molecule has 5 atom stereocenters. The Hall–Kier alpha value is -3.13. The quantitative estimate of drug-likeness (QED) is 0.591. The SMILES string of the molecule is COc1cc([C@H]2N[C@@H](c3cc(OC)c(OC)c(OC)c3)[C@@H]3CC(C)C[C@H]2C3=O)cc(OC)c1OC. The van der Waals surface area contributed by atoms with Gasteiger partial charge in [0.05, 0.1) is 42.7 Å². The second-order valence-corrected chi connectivity index (χ2v) is 9.23. The first-order valence-corrected chi connectivity index (χ1v) is 11.8. The maximum Gasteiger partial charge on any atom is 0.203 e. The average molecular weight is 486 g/mol. The van der Waals surface area contributed by atoms with Crippen molar-refractivity contribution < 1.29 is 33.2 Å². The molecule has 2 aromatic carbocycles. The van der Waals surface area contributed by atoms with E-state index in [2.05, 4.69) is 12.2 Å². The Kier molecular flexibility index (Phi) is 7.31. The standard InChI is InChI=1S/C27H35NO7/c1-14-8-17-23(15-10-19(30-2)26(34-6)20(11-15)31-3)28-24(18(9-14)25(17)29)16-12-21(32-4)27(35-7)22(13-16)33-5/h10-14,17-18,23-24,28H,8-9H2,1-7H3/t14?,17-,18+,23-,24+. The number of hydrogen-bond acceptors (Lipinski definition) is 8. The maximum absolute atomic E-state index is 13.8. The number of ether oxygens (including phenoxy) is 6. The Labute approximate surface area is 206 Å². The highest BCUT2D eigenvalue weighted by Gasteiger charge is 2.49. The fourth-order valence-corrected chi connectivity index (χ4v) is 5.72. The molecule has 2 bridgehead atoms. The van der Waals surface area contributed by atoms with Crippen molar-refractivity contribution in [2.75, 3.05) is 42.7 Å². The molecule has 2 fully saturated rings. The van der Waals surface area contributed by atoms with Gasteiger partial charge in [0, 0.05) is 23.9 Å². The van der Waals surface area contributed by atoms with E-state index in [1.807, 2.05) is 24.3 Å². The summed E-state index contributed by atoms with van der Waals surface area (Å²) in [5, 5.41) is 3.79. The van der Waals surface area contributed by atoms with E-state index in [0.29, 0.717) is 40.4 Å². The van der Waals surface area contributed by atoms with Crippen LogP contribution >= 0.6 is 0 Å². The minimum absolute atomic E-state index is 0.148. The predicted molar refractivity (Wildman–Crippen MR) is 131 cm³/mol. The molecular formula is C27H35NO7. The summed E-state index contributed by atoms with van der Waals surface area (Å²) in [7, 11) is 9.54. The molecule has 2 aliphatic rings. The summed E-state index contributed by atoms with van der Waals surface area (Å²) in [6.45, 7) is 2.22. The molecule has 2 aromatic rings. The highest BCUT2D eigenvalue weighted by atomic mass is 16.5. The number of carbonyl (C=O) groups is 1. The molecule has 1 heterocycles. The number of piperidine rings is 1. The minimum Gasteiger partial charge on any atom is -0.493 e. The Morgan fingerprint density at radius 2 is 0.971 bits per heavy atom. The minimum atomic E-state index is -0.223. The number of carbonyl (C=O) groups excluding carboxylic acids is 1. The largest absolute Gasteiger partial charge is 0.493 e. The highest BCUT2D eigenvalue weighted by molar-refractivity contribution is 5.87. The van der Waals surface area contributed by atoms with Crippen molar-refractivity contribution in [3.63, 3.8) is 0 Å². The summed E-state index contributed by atoms with van der Waals surface area (Å²) in [6, 6.07) is 7.27. The first kappa shape index (κ1) is 25.0. The van der Waals surface area contributed by atoms with Gasteiger partial charge in [-0.2, -0.15) is 0 Å². The zero-order chi connectivity index (χ0) is 25.3. The molecule has 0 radical (unpaired) electrons. The molecule has 4 rings (SSSR count). The molecule has 190 valence electrons. The number of nitrogens with one attached hydrogen (secondary N) is 1. The topological polar surface area (TPSA) is 84.5 Å². The van der Waals surface area contributed by atoms with Crippen LogP contribution in [0.3, 0.4) is 0 Å². The van der Waals surface area contributed by atoms with Gasteiger partial charge in [0.25, 0.3) is 0 Å². The predicted octanol–water partition coefficient (Wildman–Crippen LogP) is 4.36. The monoisotopic (exact) mass is 485 g/mol. The number of benzene rings is 2. The van der Waals surface area contributed by atoms with E-state index in [4.69, 9.17) is 28.4 Å². The smallest absolute Gasteiger partial charge is 0.203 e. The summed E-state index contributed by atoms with van der Waals surface area (Å²) in [5.74, 6) is 3.69. The van der Waals surface area contributed by atoms with E-state index in [1.54, 1.807) is 42.7 Å². The van der Waals surface area contributed by atoms with Gasteiger partial charge in [0.15, 0.2) is 23.0 Å². The number of Topliss-reactive ketones (excluding diaryl/α,β-unsaturated/α-hetero) is 1. The van der Waals surface area contributed by atoms with Crippen molar-refractivity contribution in [2.24, 2.45) is 17.8 Å². The summed E-state index contributed by atoms with van der Waals surface area (Å²) in [6.07, 6.45) is 1.65. The molecular weight excluding hydrogens is 450 g/mol. The average Bonchev–Trinajstić information content (AvgIpc) is 2.87. The van der Waals surface area contributed by atoms with Crippen LogP contribution in [0.5, 0.6) is 34.5 Å². The number of ketones is 1. The molecule has 1 saturated carbocycles. The zero-order valence-corrected chi connectivity index (χ0v) is 21.5. The molecule has 1 saturated heterocycles. The van der Waals surface area contributed by atoms with Gasteiger partial charge in [-0.15, -0.1) is 0 Å². The zero-order valence-electron chi connectivity index (χ0n) is 21.5. The van der Waals surface area contributed by atoms with Crippen molar-refractivity contribution in [1.29, 1.82) is 0 Å². The molecule has 0 amide bonds. The third-order valence-corrected chi connectivity index (χ3v) is 7.30. The summed E-state index contributed by atoms with van der Waals surface area (Å²) in [5.41, 5.74) is 1.84. The normalized spacial score (nSPS) is 25.6. The van der Waals surface area contributed by atoms with Crippen LogP contribution in [-0.4, -0.2) is 48.4 Å². The molecule has 8 nitrogen and oxygen atoms in total. The van der Waals surface area contributed by atoms with Gasteiger partial charge in [-0.1, -0.05) is 6.92 Å². The number of fused-ring (bicyclic) bond motifs is 2. The van der Waals surface area contributed by atoms with Crippen molar-refractivity contribution >= 4 is 5.78 Å². The van der Waals surface area contributed by atoms with Crippen LogP contribution in [0, 0.1) is 17.8 Å². The molecule has 1 aliphatic heterocycles. The molecule has 1 unspecified atom stereocenters. The summed E-state index contributed by atoms with van der Waals surface area (Å²) < 4.78 is 33.4. The fraction of sp³-hybridized carbons (Fsp3) is 0.519. The van der Waals surface area contributed by atoms with Crippen molar-refractivity contribution in [3.05, 3.63) is 35.4 Å². The third kappa shape index (κ3) is 4.35. The van der Waals surface area contributed by atoms with Gasteiger partial charge in [0.2, 0.25) is 11.5 Å². The Morgan fingerprint density at radius 3 is 1.26 bits per heavy atom. The third-order valence-electron chi connectivity index (χ3n) is 7.30. The van der Waals surface area contributed by atoms with Crippen LogP contribution in [0.25, 0.3) is 0 Å². The van der Waals surface area contributed by atoms with Gasteiger partial charge in [-0.3, -0.25) is 4.79 Å². The molecule has 35 heavy (non-hydrogen) atoms. The second kappa shape index (κ2) is 10.2. The fourth-order valence-electron chi connectivity index (χ4n) is 5.72. The van der Waals surface area contributed by atoms with Crippen LogP contribution in [0.15, 0.2) is 24.3 Å².